The van der Waals surface area contributed by atoms with Crippen LogP contribution in [0, 0.1) is 0 Å². The molecule has 3 heteroatoms. The summed E-state index contributed by atoms with van der Waals surface area (Å²) in [5, 5.41) is 0. The lowest BCUT2D eigenvalue weighted by Gasteiger charge is -2.25. The van der Waals surface area contributed by atoms with Crippen molar-refractivity contribution in [3.63, 3.8) is 0 Å². The van der Waals surface area contributed by atoms with E-state index >= 15 is 0 Å². The summed E-state index contributed by atoms with van der Waals surface area (Å²) in [7, 11) is 0. The molecule has 3 rings (SSSR count). The maximum absolute atomic E-state index is 5.45. The van der Waals surface area contributed by atoms with Crippen molar-refractivity contribution in [1.82, 2.24) is 9.55 Å². The number of imidazole rings is 1. The van der Waals surface area contributed by atoms with E-state index < -0.39 is 0 Å². The zero-order valence-electron chi connectivity index (χ0n) is 9.28. The van der Waals surface area contributed by atoms with E-state index in [4.69, 9.17) is 4.74 Å². The maximum atomic E-state index is 5.45. The van der Waals surface area contributed by atoms with Crippen LogP contribution < -0.4 is 0 Å². The van der Waals surface area contributed by atoms with Crippen molar-refractivity contribution in [2.75, 3.05) is 13.2 Å². The summed E-state index contributed by atoms with van der Waals surface area (Å²) in [5.41, 5.74) is 1.43. The molecule has 0 bridgehead atoms. The fourth-order valence-electron chi connectivity index (χ4n) is 2.85. The van der Waals surface area contributed by atoms with Crippen LogP contribution in [0.4, 0.5) is 0 Å². The number of nitrogens with zero attached hydrogens (tertiary/aromatic N) is 2. The Morgan fingerprint density at radius 2 is 2.40 bits per heavy atom. The van der Waals surface area contributed by atoms with Crippen LogP contribution >= 0.6 is 0 Å². The van der Waals surface area contributed by atoms with Crippen molar-refractivity contribution in [1.29, 1.82) is 0 Å². The summed E-state index contributed by atoms with van der Waals surface area (Å²) in [6.07, 6.45) is 7.02. The van der Waals surface area contributed by atoms with Gasteiger partial charge in [0.1, 0.15) is 5.82 Å². The molecule has 1 aromatic rings. The van der Waals surface area contributed by atoms with E-state index in [1.165, 1.54) is 30.8 Å². The lowest BCUT2D eigenvalue weighted by Crippen LogP contribution is -2.19. The minimum Gasteiger partial charge on any atom is -0.381 e. The molecular weight excluding hydrogens is 188 g/mol. The standard InChI is InChI=1S/C12H18N2O/c1-9-3-2-4-11-7-13-12(14(9)11)10-5-6-15-8-10/h7,9-10H,2-6,8H2,1H3. The fourth-order valence-corrected chi connectivity index (χ4v) is 2.85. The zero-order chi connectivity index (χ0) is 10.3. The second-order valence-corrected chi connectivity index (χ2v) is 4.78. The van der Waals surface area contributed by atoms with E-state index in [9.17, 15) is 0 Å². The van der Waals surface area contributed by atoms with Crippen molar-refractivity contribution in [3.05, 3.63) is 17.7 Å². The van der Waals surface area contributed by atoms with Gasteiger partial charge in [0.05, 0.1) is 6.61 Å². The van der Waals surface area contributed by atoms with Gasteiger partial charge in [-0.2, -0.15) is 0 Å². The minimum atomic E-state index is 0.541. The summed E-state index contributed by atoms with van der Waals surface area (Å²) in [6.45, 7) is 4.08. The largest absolute Gasteiger partial charge is 0.381 e. The summed E-state index contributed by atoms with van der Waals surface area (Å²) >= 11 is 0. The summed E-state index contributed by atoms with van der Waals surface area (Å²) in [4.78, 5) is 4.61. The van der Waals surface area contributed by atoms with E-state index in [1.807, 2.05) is 0 Å². The monoisotopic (exact) mass is 206 g/mol. The minimum absolute atomic E-state index is 0.541. The van der Waals surface area contributed by atoms with Crippen LogP contribution in [0.1, 0.15) is 49.7 Å². The predicted octanol–water partition coefficient (Wildman–Crippen LogP) is 2.28. The highest BCUT2D eigenvalue weighted by Crippen LogP contribution is 2.32. The first-order valence-corrected chi connectivity index (χ1v) is 6.00. The number of rotatable bonds is 1. The van der Waals surface area contributed by atoms with Gasteiger partial charge in [0.25, 0.3) is 0 Å². The van der Waals surface area contributed by atoms with Crippen LogP contribution in [-0.4, -0.2) is 22.8 Å². The number of aromatic nitrogens is 2. The molecule has 3 heterocycles. The molecule has 2 atom stereocenters. The topological polar surface area (TPSA) is 27.1 Å². The molecule has 82 valence electrons. The Bertz CT molecular complexity index is 353. The molecule has 0 N–H and O–H groups in total. The van der Waals surface area contributed by atoms with E-state index in [0.717, 1.165) is 19.6 Å². The molecule has 0 radical (unpaired) electrons. The molecule has 1 aromatic heterocycles. The number of hydrogen-bond acceptors (Lipinski definition) is 2. The van der Waals surface area contributed by atoms with Gasteiger partial charge in [0, 0.05) is 30.5 Å². The van der Waals surface area contributed by atoms with Crippen LogP contribution in [-0.2, 0) is 11.2 Å². The molecule has 2 aliphatic rings. The summed E-state index contributed by atoms with van der Waals surface area (Å²) < 4.78 is 7.91. The van der Waals surface area contributed by atoms with E-state index in [-0.39, 0.29) is 0 Å². The number of aryl methyl sites for hydroxylation is 1. The molecule has 0 spiro atoms. The smallest absolute Gasteiger partial charge is 0.114 e. The normalized spacial score (nSPS) is 30.5. The van der Waals surface area contributed by atoms with Gasteiger partial charge in [0.15, 0.2) is 0 Å². The highest BCUT2D eigenvalue weighted by Gasteiger charge is 2.27. The van der Waals surface area contributed by atoms with Crippen molar-refractivity contribution in [3.8, 4) is 0 Å². The van der Waals surface area contributed by atoms with E-state index in [1.54, 1.807) is 0 Å². The highest BCUT2D eigenvalue weighted by molar-refractivity contribution is 5.14. The fraction of sp³-hybridized carbons (Fsp3) is 0.750. The van der Waals surface area contributed by atoms with Crippen LogP contribution in [0.3, 0.4) is 0 Å². The van der Waals surface area contributed by atoms with Crippen LogP contribution in [0.25, 0.3) is 0 Å². The Hall–Kier alpha value is -0.830. The summed E-state index contributed by atoms with van der Waals surface area (Å²) in [6, 6.07) is 0.631. The van der Waals surface area contributed by atoms with Crippen LogP contribution in [0.2, 0.25) is 0 Å². The molecule has 2 aliphatic heterocycles. The molecule has 1 saturated heterocycles. The lowest BCUT2D eigenvalue weighted by atomic mass is 10.0. The van der Waals surface area contributed by atoms with Crippen LogP contribution in [0.5, 0.6) is 0 Å². The first-order chi connectivity index (χ1) is 7.36. The van der Waals surface area contributed by atoms with Crippen molar-refractivity contribution >= 4 is 0 Å². The lowest BCUT2D eigenvalue weighted by molar-refractivity contribution is 0.192. The SMILES string of the molecule is CC1CCCc2cnc(C3CCOC3)n21. The van der Waals surface area contributed by atoms with E-state index in [0.29, 0.717) is 12.0 Å². The van der Waals surface area contributed by atoms with Crippen LogP contribution in [0.15, 0.2) is 6.20 Å². The Kier molecular flexibility index (Phi) is 2.28. The van der Waals surface area contributed by atoms with Crippen molar-refractivity contribution < 1.29 is 4.74 Å². The Morgan fingerprint density at radius 1 is 1.47 bits per heavy atom. The Morgan fingerprint density at radius 3 is 3.20 bits per heavy atom. The quantitative estimate of drug-likeness (QED) is 0.705. The van der Waals surface area contributed by atoms with Gasteiger partial charge >= 0.3 is 0 Å². The number of hydrogen-bond donors (Lipinski definition) is 0. The number of fused-ring (bicyclic) bond motifs is 1. The molecule has 2 unspecified atom stereocenters. The Labute approximate surface area is 90.5 Å². The van der Waals surface area contributed by atoms with Gasteiger partial charge in [-0.15, -0.1) is 0 Å². The molecule has 3 nitrogen and oxygen atoms in total. The second kappa shape index (κ2) is 3.63. The second-order valence-electron chi connectivity index (χ2n) is 4.78. The summed E-state index contributed by atoms with van der Waals surface area (Å²) in [5.74, 6) is 1.81. The predicted molar refractivity (Wildman–Crippen MR) is 58.1 cm³/mol. The molecule has 1 fully saturated rings. The van der Waals surface area contributed by atoms with Crippen molar-refractivity contribution in [2.24, 2.45) is 0 Å². The molecular formula is C12H18N2O. The molecule has 0 aliphatic carbocycles. The van der Waals surface area contributed by atoms with Gasteiger partial charge in [-0.1, -0.05) is 0 Å². The first-order valence-electron chi connectivity index (χ1n) is 6.00. The molecule has 0 amide bonds. The van der Waals surface area contributed by atoms with Gasteiger partial charge < -0.3 is 9.30 Å². The average molecular weight is 206 g/mol. The van der Waals surface area contributed by atoms with Gasteiger partial charge in [0.2, 0.25) is 0 Å². The van der Waals surface area contributed by atoms with Crippen molar-refractivity contribution in [2.45, 2.75) is 44.6 Å². The Balaban J connectivity index is 1.97. The third-order valence-corrected chi connectivity index (χ3v) is 3.69. The van der Waals surface area contributed by atoms with E-state index in [2.05, 4.69) is 22.7 Å². The van der Waals surface area contributed by atoms with Gasteiger partial charge in [-0.3, -0.25) is 0 Å². The average Bonchev–Trinajstić information content (AvgIpc) is 2.85. The first kappa shape index (κ1) is 9.40. The zero-order valence-corrected chi connectivity index (χ0v) is 9.28. The maximum Gasteiger partial charge on any atom is 0.114 e. The molecule has 15 heavy (non-hydrogen) atoms. The number of ether oxygens (including phenoxy) is 1. The third-order valence-electron chi connectivity index (χ3n) is 3.69. The molecule has 0 aromatic carbocycles. The van der Waals surface area contributed by atoms with Gasteiger partial charge in [-0.05, 0) is 32.6 Å². The third kappa shape index (κ3) is 1.49. The molecule has 0 saturated carbocycles. The highest BCUT2D eigenvalue weighted by atomic mass is 16.5. The van der Waals surface area contributed by atoms with Gasteiger partial charge in [-0.25, -0.2) is 4.98 Å².